The fourth-order valence-electron chi connectivity index (χ4n) is 1.50. The molecule has 4 heteroatoms. The summed E-state index contributed by atoms with van der Waals surface area (Å²) in [5.74, 6) is 0.482. The van der Waals surface area contributed by atoms with Gasteiger partial charge in [-0.2, -0.15) is 5.10 Å². The number of halogens is 1. The Bertz CT molecular complexity index is 473. The molecule has 0 amide bonds. The van der Waals surface area contributed by atoms with E-state index in [1.807, 2.05) is 6.07 Å². The number of aromatic nitrogens is 2. The molecule has 0 aliphatic heterocycles. The molecule has 3 N–H and O–H groups in total. The molecule has 0 unspecified atom stereocenters. The molecule has 0 radical (unpaired) electrons. The van der Waals surface area contributed by atoms with Crippen molar-refractivity contribution in [3.63, 3.8) is 0 Å². The zero-order valence-corrected chi connectivity index (χ0v) is 10.3. The van der Waals surface area contributed by atoms with Crippen LogP contribution in [0.4, 0.5) is 5.69 Å². The van der Waals surface area contributed by atoms with Crippen molar-refractivity contribution in [3.8, 4) is 0 Å². The van der Waals surface area contributed by atoms with Crippen LogP contribution in [-0.2, 0) is 0 Å². The lowest BCUT2D eigenvalue weighted by atomic mass is 10.0. The first-order valence-electron chi connectivity index (χ1n) is 4.52. The maximum atomic E-state index is 5.98. The predicted octanol–water partition coefficient (Wildman–Crippen LogP) is 2.87. The van der Waals surface area contributed by atoms with Gasteiger partial charge >= 0.3 is 0 Å². The molecule has 2 aromatic rings. The van der Waals surface area contributed by atoms with E-state index >= 15 is 0 Å². The van der Waals surface area contributed by atoms with Crippen LogP contribution in [0, 0.1) is 3.70 Å². The van der Waals surface area contributed by atoms with Gasteiger partial charge in [-0.1, -0.05) is 13.8 Å². The molecule has 0 aliphatic rings. The van der Waals surface area contributed by atoms with Gasteiger partial charge in [0.1, 0.15) is 3.70 Å². The number of rotatable bonds is 1. The van der Waals surface area contributed by atoms with Crippen molar-refractivity contribution in [2.45, 2.75) is 19.8 Å². The highest BCUT2D eigenvalue weighted by atomic mass is 127. The van der Waals surface area contributed by atoms with Crippen LogP contribution in [0.1, 0.15) is 25.3 Å². The number of hydrogen-bond acceptors (Lipinski definition) is 2. The summed E-state index contributed by atoms with van der Waals surface area (Å²) in [7, 11) is 0. The van der Waals surface area contributed by atoms with Crippen LogP contribution in [0.15, 0.2) is 12.1 Å². The third kappa shape index (κ3) is 1.47. The van der Waals surface area contributed by atoms with Crippen molar-refractivity contribution >= 4 is 39.2 Å². The van der Waals surface area contributed by atoms with E-state index < -0.39 is 0 Å². The molecule has 1 heterocycles. The van der Waals surface area contributed by atoms with Crippen LogP contribution in [0.5, 0.6) is 0 Å². The number of hydrogen-bond donors (Lipinski definition) is 2. The molecule has 1 aromatic heterocycles. The highest BCUT2D eigenvalue weighted by molar-refractivity contribution is 14.1. The highest BCUT2D eigenvalue weighted by Crippen LogP contribution is 2.28. The molecule has 2 rings (SSSR count). The second-order valence-electron chi connectivity index (χ2n) is 3.70. The first-order valence-corrected chi connectivity index (χ1v) is 5.60. The van der Waals surface area contributed by atoms with Crippen molar-refractivity contribution in [1.29, 1.82) is 0 Å². The van der Waals surface area contributed by atoms with Crippen molar-refractivity contribution < 1.29 is 0 Å². The van der Waals surface area contributed by atoms with Gasteiger partial charge in [-0.25, -0.2) is 0 Å². The highest BCUT2D eigenvalue weighted by Gasteiger charge is 2.09. The smallest absolute Gasteiger partial charge is 0.106 e. The maximum Gasteiger partial charge on any atom is 0.106 e. The summed E-state index contributed by atoms with van der Waals surface area (Å²) >= 11 is 2.21. The average Bonchev–Trinajstić information content (AvgIpc) is 2.48. The fourth-order valence-corrected chi connectivity index (χ4v) is 2.21. The topological polar surface area (TPSA) is 54.7 Å². The van der Waals surface area contributed by atoms with E-state index in [0.29, 0.717) is 5.92 Å². The van der Waals surface area contributed by atoms with Gasteiger partial charge in [0.15, 0.2) is 0 Å². The Morgan fingerprint density at radius 2 is 2.14 bits per heavy atom. The molecule has 1 aromatic carbocycles. The number of nitrogens with one attached hydrogen (secondary N) is 1. The minimum atomic E-state index is 0.482. The molecule has 0 saturated heterocycles. The SMILES string of the molecule is CC(C)c1cc(N)c2c(I)[nH]nc2c1. The van der Waals surface area contributed by atoms with Gasteiger partial charge in [0.05, 0.1) is 10.9 Å². The van der Waals surface area contributed by atoms with Crippen molar-refractivity contribution in [2.24, 2.45) is 0 Å². The quantitative estimate of drug-likeness (QED) is 0.628. The molecule has 74 valence electrons. The van der Waals surface area contributed by atoms with E-state index in [1.54, 1.807) is 0 Å². The van der Waals surface area contributed by atoms with Crippen LogP contribution >= 0.6 is 22.6 Å². The average molecular weight is 301 g/mol. The van der Waals surface area contributed by atoms with Crippen LogP contribution < -0.4 is 5.73 Å². The number of H-pyrrole nitrogens is 1. The summed E-state index contributed by atoms with van der Waals surface area (Å²) in [6.07, 6.45) is 0. The molecule has 0 spiro atoms. The van der Waals surface area contributed by atoms with Gasteiger partial charge in [0.25, 0.3) is 0 Å². The summed E-state index contributed by atoms with van der Waals surface area (Å²) in [4.78, 5) is 0. The predicted molar refractivity (Wildman–Crippen MR) is 67.3 cm³/mol. The summed E-state index contributed by atoms with van der Waals surface area (Å²) in [6.45, 7) is 4.30. The standard InChI is InChI=1S/C10H12IN3/c1-5(2)6-3-7(12)9-8(4-6)13-14-10(9)11/h3-5H,12H2,1-2H3,(H,13,14). The Kier molecular flexibility index (Phi) is 2.38. The number of aromatic amines is 1. The number of nitrogens with two attached hydrogens (primary N) is 1. The van der Waals surface area contributed by atoms with Crippen molar-refractivity contribution in [2.75, 3.05) is 5.73 Å². The van der Waals surface area contributed by atoms with Gasteiger partial charge in [-0.15, -0.1) is 0 Å². The van der Waals surface area contributed by atoms with E-state index in [9.17, 15) is 0 Å². The minimum Gasteiger partial charge on any atom is -0.398 e. The second-order valence-corrected chi connectivity index (χ2v) is 4.78. The molecule has 0 saturated carbocycles. The van der Waals surface area contributed by atoms with Crippen LogP contribution in [0.25, 0.3) is 10.9 Å². The number of fused-ring (bicyclic) bond motifs is 1. The molecular formula is C10H12IN3. The van der Waals surface area contributed by atoms with E-state index in [1.165, 1.54) is 5.56 Å². The van der Waals surface area contributed by atoms with Crippen LogP contribution in [0.3, 0.4) is 0 Å². The van der Waals surface area contributed by atoms with E-state index in [0.717, 1.165) is 20.3 Å². The van der Waals surface area contributed by atoms with E-state index in [-0.39, 0.29) is 0 Å². The minimum absolute atomic E-state index is 0.482. The lowest BCUT2D eigenvalue weighted by Gasteiger charge is -2.06. The summed E-state index contributed by atoms with van der Waals surface area (Å²) in [5.41, 5.74) is 8.98. The number of nitrogen functional groups attached to an aromatic ring is 1. The maximum absolute atomic E-state index is 5.98. The number of anilines is 1. The van der Waals surface area contributed by atoms with E-state index in [4.69, 9.17) is 5.73 Å². The molecule has 0 fully saturated rings. The Labute approximate surface area is 96.2 Å². The first kappa shape index (κ1) is 9.76. The fraction of sp³-hybridized carbons (Fsp3) is 0.300. The third-order valence-corrected chi connectivity index (χ3v) is 3.11. The summed E-state index contributed by atoms with van der Waals surface area (Å²) < 4.78 is 1.01. The first-order chi connectivity index (χ1) is 6.59. The van der Waals surface area contributed by atoms with Crippen molar-refractivity contribution in [1.82, 2.24) is 10.2 Å². The molecular weight excluding hydrogens is 289 g/mol. The van der Waals surface area contributed by atoms with Crippen molar-refractivity contribution in [3.05, 3.63) is 21.4 Å². The lowest BCUT2D eigenvalue weighted by Crippen LogP contribution is -1.92. The summed E-state index contributed by atoms with van der Waals surface area (Å²) in [5, 5.41) is 8.19. The van der Waals surface area contributed by atoms with Gasteiger partial charge in [0, 0.05) is 5.69 Å². The Morgan fingerprint density at radius 3 is 2.79 bits per heavy atom. The Balaban J connectivity index is 2.74. The zero-order chi connectivity index (χ0) is 10.3. The normalized spacial score (nSPS) is 11.4. The van der Waals surface area contributed by atoms with Gasteiger partial charge in [0.2, 0.25) is 0 Å². The van der Waals surface area contributed by atoms with Crippen LogP contribution in [0.2, 0.25) is 0 Å². The number of benzene rings is 1. The molecule has 0 atom stereocenters. The van der Waals surface area contributed by atoms with Crippen LogP contribution in [-0.4, -0.2) is 10.2 Å². The third-order valence-electron chi connectivity index (χ3n) is 2.33. The Hall–Kier alpha value is -0.780. The monoisotopic (exact) mass is 301 g/mol. The number of nitrogens with zero attached hydrogens (tertiary/aromatic N) is 1. The van der Waals surface area contributed by atoms with E-state index in [2.05, 4.69) is 52.7 Å². The molecule has 0 bridgehead atoms. The van der Waals surface area contributed by atoms with Gasteiger partial charge < -0.3 is 5.73 Å². The molecule has 14 heavy (non-hydrogen) atoms. The lowest BCUT2D eigenvalue weighted by molar-refractivity contribution is 0.868. The van der Waals surface area contributed by atoms with Gasteiger partial charge in [-0.05, 0) is 46.2 Å². The second kappa shape index (κ2) is 3.42. The Morgan fingerprint density at radius 1 is 1.43 bits per heavy atom. The molecule has 0 aliphatic carbocycles. The van der Waals surface area contributed by atoms with Gasteiger partial charge in [-0.3, -0.25) is 5.10 Å². The summed E-state index contributed by atoms with van der Waals surface area (Å²) in [6, 6.07) is 4.12. The molecule has 3 nitrogen and oxygen atoms in total. The largest absolute Gasteiger partial charge is 0.398 e. The zero-order valence-electron chi connectivity index (χ0n) is 8.13.